The van der Waals surface area contributed by atoms with Crippen LogP contribution in [0.2, 0.25) is 0 Å². The summed E-state index contributed by atoms with van der Waals surface area (Å²) in [6, 6.07) is 0.843. The predicted octanol–water partition coefficient (Wildman–Crippen LogP) is 1.72. The summed E-state index contributed by atoms with van der Waals surface area (Å²) in [5.74, 6) is 1.55. The van der Waals surface area contributed by atoms with E-state index in [0.717, 1.165) is 61.8 Å². The van der Waals surface area contributed by atoms with Gasteiger partial charge in [0, 0.05) is 70.5 Å². The van der Waals surface area contributed by atoms with Crippen LogP contribution in [0, 0.1) is 0 Å². The third kappa shape index (κ3) is 5.68. The number of aliphatic imine (C=N–C) groups is 1. The molecule has 3 heterocycles. The molecule has 2 N–H and O–H groups in total. The second-order valence-corrected chi connectivity index (χ2v) is 7.22. The highest BCUT2D eigenvalue weighted by Gasteiger charge is 2.32. The summed E-state index contributed by atoms with van der Waals surface area (Å²) in [4.78, 5) is 20.5. The zero-order valence-electron chi connectivity index (χ0n) is 16.8. The van der Waals surface area contributed by atoms with Crippen molar-refractivity contribution in [2.24, 2.45) is 4.99 Å². The summed E-state index contributed by atoms with van der Waals surface area (Å²) in [6.45, 7) is 6.04. The SMILES string of the molecule is CCc1nsc(N2CCN(C(=NC)NCCNc3nccc(C(F)(F)F)n3)CC2)n1. The number of rotatable bonds is 6. The highest BCUT2D eigenvalue weighted by atomic mass is 32.1. The Morgan fingerprint density at radius 3 is 2.60 bits per heavy atom. The van der Waals surface area contributed by atoms with E-state index < -0.39 is 11.9 Å². The summed E-state index contributed by atoms with van der Waals surface area (Å²) in [5, 5.41) is 6.95. The van der Waals surface area contributed by atoms with Gasteiger partial charge in [-0.2, -0.15) is 17.5 Å². The molecule has 9 nitrogen and oxygen atoms in total. The zero-order valence-corrected chi connectivity index (χ0v) is 17.6. The molecule has 2 aromatic heterocycles. The van der Waals surface area contributed by atoms with Gasteiger partial charge >= 0.3 is 6.18 Å². The van der Waals surface area contributed by atoms with Gasteiger partial charge in [0.2, 0.25) is 11.1 Å². The Bertz CT molecular complexity index is 847. The minimum atomic E-state index is -4.49. The van der Waals surface area contributed by atoms with E-state index in [0.29, 0.717) is 13.1 Å². The lowest BCUT2D eigenvalue weighted by Crippen LogP contribution is -2.53. The van der Waals surface area contributed by atoms with E-state index in [1.54, 1.807) is 7.05 Å². The van der Waals surface area contributed by atoms with E-state index in [1.807, 2.05) is 6.92 Å². The average Bonchev–Trinajstić information content (AvgIpc) is 3.23. The van der Waals surface area contributed by atoms with Crippen molar-refractivity contribution in [3.8, 4) is 0 Å². The number of piperazine rings is 1. The summed E-state index contributed by atoms with van der Waals surface area (Å²) in [6.07, 6.45) is -2.58. The van der Waals surface area contributed by atoms with Crippen molar-refractivity contribution in [1.29, 1.82) is 0 Å². The van der Waals surface area contributed by atoms with E-state index in [9.17, 15) is 13.2 Å². The van der Waals surface area contributed by atoms with E-state index in [1.165, 1.54) is 11.5 Å². The average molecular weight is 444 g/mol. The minimum absolute atomic E-state index is 0.0567. The molecule has 1 fully saturated rings. The first-order valence-electron chi connectivity index (χ1n) is 9.58. The Hall–Kier alpha value is -2.70. The van der Waals surface area contributed by atoms with E-state index in [4.69, 9.17) is 0 Å². The second-order valence-electron chi connectivity index (χ2n) is 6.48. The second kappa shape index (κ2) is 9.87. The number of hydrogen-bond donors (Lipinski definition) is 2. The molecule has 0 radical (unpaired) electrons. The lowest BCUT2D eigenvalue weighted by Gasteiger charge is -2.36. The van der Waals surface area contributed by atoms with Crippen LogP contribution in [0.5, 0.6) is 0 Å². The number of hydrogen-bond acceptors (Lipinski definition) is 8. The van der Waals surface area contributed by atoms with Crippen LogP contribution in [0.15, 0.2) is 17.3 Å². The van der Waals surface area contributed by atoms with Crippen molar-refractivity contribution in [2.75, 3.05) is 56.5 Å². The van der Waals surface area contributed by atoms with Crippen molar-refractivity contribution < 1.29 is 13.2 Å². The number of aryl methyl sites for hydroxylation is 1. The highest BCUT2D eigenvalue weighted by Crippen LogP contribution is 2.27. The summed E-state index contributed by atoms with van der Waals surface area (Å²) >= 11 is 1.42. The fourth-order valence-corrected chi connectivity index (χ4v) is 3.71. The van der Waals surface area contributed by atoms with Crippen LogP contribution in [0.3, 0.4) is 0 Å². The van der Waals surface area contributed by atoms with Gasteiger partial charge in [0.1, 0.15) is 11.5 Å². The molecule has 0 unspecified atom stereocenters. The van der Waals surface area contributed by atoms with Gasteiger partial charge in [0.05, 0.1) is 0 Å². The lowest BCUT2D eigenvalue weighted by molar-refractivity contribution is -0.141. The first-order chi connectivity index (χ1) is 14.4. The molecule has 0 atom stereocenters. The Morgan fingerprint density at radius 1 is 1.20 bits per heavy atom. The molecular weight excluding hydrogens is 419 g/mol. The number of aromatic nitrogens is 4. The Kier molecular flexibility index (Phi) is 7.24. The molecule has 0 spiro atoms. The number of alkyl halides is 3. The van der Waals surface area contributed by atoms with Crippen LogP contribution in [0.1, 0.15) is 18.4 Å². The first kappa shape index (κ1) is 22.0. The highest BCUT2D eigenvalue weighted by molar-refractivity contribution is 7.09. The van der Waals surface area contributed by atoms with Crippen LogP contribution < -0.4 is 15.5 Å². The van der Waals surface area contributed by atoms with Gasteiger partial charge in [-0.15, -0.1) is 0 Å². The number of nitrogens with one attached hydrogen (secondary N) is 2. The molecule has 13 heteroatoms. The Balaban J connectivity index is 1.43. The molecule has 1 aliphatic rings. The maximum Gasteiger partial charge on any atom is 0.433 e. The molecule has 1 aliphatic heterocycles. The molecular formula is C17H24F3N9S. The summed E-state index contributed by atoms with van der Waals surface area (Å²) in [5.41, 5.74) is -0.969. The van der Waals surface area contributed by atoms with Crippen LogP contribution in [-0.4, -0.2) is 76.5 Å². The Labute approximate surface area is 176 Å². The predicted molar refractivity (Wildman–Crippen MR) is 110 cm³/mol. The smallest absolute Gasteiger partial charge is 0.354 e. The molecule has 0 saturated carbocycles. The van der Waals surface area contributed by atoms with Gasteiger partial charge in [-0.05, 0) is 6.07 Å². The molecule has 0 aromatic carbocycles. The normalized spacial score (nSPS) is 15.4. The van der Waals surface area contributed by atoms with Crippen LogP contribution in [0.25, 0.3) is 0 Å². The lowest BCUT2D eigenvalue weighted by atomic mass is 10.3. The van der Waals surface area contributed by atoms with Crippen molar-refractivity contribution in [1.82, 2.24) is 29.5 Å². The molecule has 164 valence electrons. The fraction of sp³-hybridized carbons (Fsp3) is 0.588. The van der Waals surface area contributed by atoms with Crippen LogP contribution in [-0.2, 0) is 12.6 Å². The molecule has 1 saturated heterocycles. The van der Waals surface area contributed by atoms with Gasteiger partial charge in [0.25, 0.3) is 0 Å². The minimum Gasteiger partial charge on any atom is -0.354 e. The maximum absolute atomic E-state index is 12.7. The zero-order chi connectivity index (χ0) is 21.6. The van der Waals surface area contributed by atoms with Crippen molar-refractivity contribution in [2.45, 2.75) is 19.5 Å². The van der Waals surface area contributed by atoms with Gasteiger partial charge in [-0.3, -0.25) is 4.99 Å². The molecule has 0 amide bonds. The van der Waals surface area contributed by atoms with Gasteiger partial charge in [0.15, 0.2) is 5.96 Å². The summed E-state index contributed by atoms with van der Waals surface area (Å²) < 4.78 is 42.5. The van der Waals surface area contributed by atoms with E-state index in [2.05, 4.69) is 44.8 Å². The number of guanidine groups is 1. The van der Waals surface area contributed by atoms with Crippen LogP contribution in [0.4, 0.5) is 24.3 Å². The van der Waals surface area contributed by atoms with E-state index in [-0.39, 0.29) is 5.95 Å². The van der Waals surface area contributed by atoms with Gasteiger partial charge in [-0.25, -0.2) is 15.0 Å². The summed E-state index contributed by atoms with van der Waals surface area (Å²) in [7, 11) is 1.70. The monoisotopic (exact) mass is 443 g/mol. The standard InChI is InChI=1S/C17H24F3N9S/c1-3-13-26-16(30-27-13)29-10-8-28(9-11-29)15(21-2)24-7-6-23-14-22-5-4-12(25-14)17(18,19)20/h4-5H,3,6-11H2,1-2H3,(H,21,24)(H,22,23,25). The van der Waals surface area contributed by atoms with Gasteiger partial charge < -0.3 is 20.4 Å². The number of halogens is 3. The maximum atomic E-state index is 12.7. The van der Waals surface area contributed by atoms with E-state index >= 15 is 0 Å². The molecule has 2 aromatic rings. The fourth-order valence-electron chi connectivity index (χ4n) is 2.91. The number of anilines is 2. The quantitative estimate of drug-likeness (QED) is 0.396. The largest absolute Gasteiger partial charge is 0.433 e. The molecule has 0 aliphatic carbocycles. The third-order valence-electron chi connectivity index (χ3n) is 4.47. The number of nitrogens with zero attached hydrogens (tertiary/aromatic N) is 7. The molecule has 3 rings (SSSR count). The molecule has 0 bridgehead atoms. The van der Waals surface area contributed by atoms with Crippen LogP contribution >= 0.6 is 11.5 Å². The van der Waals surface area contributed by atoms with Crippen molar-refractivity contribution >= 4 is 28.6 Å². The van der Waals surface area contributed by atoms with Crippen molar-refractivity contribution in [3.63, 3.8) is 0 Å². The van der Waals surface area contributed by atoms with Gasteiger partial charge in [-0.1, -0.05) is 6.92 Å². The first-order valence-corrected chi connectivity index (χ1v) is 10.3. The molecule has 30 heavy (non-hydrogen) atoms. The topological polar surface area (TPSA) is 94.5 Å². The third-order valence-corrected chi connectivity index (χ3v) is 5.29. The Morgan fingerprint density at radius 2 is 1.97 bits per heavy atom. The van der Waals surface area contributed by atoms with Crippen molar-refractivity contribution in [3.05, 3.63) is 23.8 Å².